The Morgan fingerprint density at radius 3 is 2.48 bits per heavy atom. The Kier molecular flexibility index (Phi) is 5.78. The average molecular weight is 287 g/mol. The van der Waals surface area contributed by atoms with Crippen LogP contribution in [0.3, 0.4) is 0 Å². The van der Waals surface area contributed by atoms with Crippen LogP contribution in [-0.4, -0.2) is 11.7 Å². The van der Waals surface area contributed by atoms with Crippen molar-refractivity contribution in [2.45, 2.75) is 57.8 Å². The molecule has 0 unspecified atom stereocenters. The van der Waals surface area contributed by atoms with Gasteiger partial charge in [0.2, 0.25) is 0 Å². The second-order valence-corrected chi connectivity index (χ2v) is 5.74. The van der Waals surface area contributed by atoms with Gasteiger partial charge < -0.3 is 5.73 Å². The van der Waals surface area contributed by atoms with Crippen LogP contribution < -0.4 is 11.2 Å². The fourth-order valence-electron chi connectivity index (χ4n) is 3.01. The smallest absolute Gasteiger partial charge is 0.332 e. The molecule has 1 aromatic rings. The van der Waals surface area contributed by atoms with E-state index in [4.69, 9.17) is 5.73 Å². The molecule has 0 aliphatic heterocycles. The Labute approximate surface area is 126 Å². The van der Waals surface area contributed by atoms with Crippen LogP contribution in [0.5, 0.6) is 0 Å². The zero-order valence-electron chi connectivity index (χ0n) is 12.8. The fraction of sp³-hybridized carbons (Fsp3) is 0.529. The number of benzene rings is 1. The molecule has 1 saturated carbocycles. The number of nitrogens with two attached hydrogens (primary N) is 1. The van der Waals surface area contributed by atoms with Crippen LogP contribution in [0, 0.1) is 0 Å². The molecule has 0 radical (unpaired) electrons. The van der Waals surface area contributed by atoms with Gasteiger partial charge in [-0.05, 0) is 36.3 Å². The SMILES string of the molecule is CCCC(=NNC(N)=O)c1ccc(C2CCCCC2)cc1. The molecule has 1 aliphatic carbocycles. The Morgan fingerprint density at radius 2 is 1.90 bits per heavy atom. The largest absolute Gasteiger partial charge is 0.350 e. The number of primary amides is 1. The number of nitrogens with one attached hydrogen (secondary N) is 1. The summed E-state index contributed by atoms with van der Waals surface area (Å²) in [6, 6.07) is 8.02. The summed E-state index contributed by atoms with van der Waals surface area (Å²) in [4.78, 5) is 10.8. The number of urea groups is 1. The summed E-state index contributed by atoms with van der Waals surface area (Å²) in [6.07, 6.45) is 8.47. The van der Waals surface area contributed by atoms with Crippen molar-refractivity contribution in [2.75, 3.05) is 0 Å². The van der Waals surface area contributed by atoms with Gasteiger partial charge >= 0.3 is 6.03 Å². The van der Waals surface area contributed by atoms with Gasteiger partial charge in [-0.25, -0.2) is 10.2 Å². The van der Waals surface area contributed by atoms with Gasteiger partial charge in [-0.2, -0.15) is 5.10 Å². The average Bonchev–Trinajstić information content (AvgIpc) is 2.52. The maximum absolute atomic E-state index is 10.8. The first-order valence-electron chi connectivity index (χ1n) is 7.93. The van der Waals surface area contributed by atoms with Gasteiger partial charge in [-0.3, -0.25) is 0 Å². The van der Waals surface area contributed by atoms with Crippen LogP contribution in [0.1, 0.15) is 68.9 Å². The molecule has 4 heteroatoms. The van der Waals surface area contributed by atoms with E-state index in [1.54, 1.807) is 0 Å². The summed E-state index contributed by atoms with van der Waals surface area (Å²) in [6.45, 7) is 2.09. The summed E-state index contributed by atoms with van der Waals surface area (Å²) in [5.41, 5.74) is 10.8. The molecule has 0 spiro atoms. The molecular weight excluding hydrogens is 262 g/mol. The summed E-state index contributed by atoms with van der Waals surface area (Å²) in [7, 11) is 0. The van der Waals surface area contributed by atoms with Gasteiger partial charge in [0.15, 0.2) is 0 Å². The number of carbonyl (C=O) groups is 1. The van der Waals surface area contributed by atoms with E-state index < -0.39 is 6.03 Å². The van der Waals surface area contributed by atoms with Crippen molar-refractivity contribution in [2.24, 2.45) is 10.8 Å². The highest BCUT2D eigenvalue weighted by Crippen LogP contribution is 2.32. The zero-order chi connectivity index (χ0) is 15.1. The molecule has 1 fully saturated rings. The number of rotatable bonds is 5. The number of hydrogen-bond acceptors (Lipinski definition) is 2. The lowest BCUT2D eigenvalue weighted by Gasteiger charge is -2.22. The minimum absolute atomic E-state index is 0.623. The van der Waals surface area contributed by atoms with E-state index in [0.29, 0.717) is 5.92 Å². The minimum atomic E-state index is -0.623. The van der Waals surface area contributed by atoms with Crippen molar-refractivity contribution < 1.29 is 4.79 Å². The lowest BCUT2D eigenvalue weighted by Crippen LogP contribution is -2.26. The molecule has 0 atom stereocenters. The van der Waals surface area contributed by atoms with Gasteiger partial charge in [0.05, 0.1) is 5.71 Å². The molecular formula is C17H25N3O. The van der Waals surface area contributed by atoms with Crippen molar-refractivity contribution in [3.63, 3.8) is 0 Å². The summed E-state index contributed by atoms with van der Waals surface area (Å²) >= 11 is 0. The molecule has 2 rings (SSSR count). The highest BCUT2D eigenvalue weighted by molar-refractivity contribution is 6.01. The number of hydrogen-bond donors (Lipinski definition) is 2. The number of carbonyl (C=O) groups excluding carboxylic acids is 1. The molecule has 0 bridgehead atoms. The zero-order valence-corrected chi connectivity index (χ0v) is 12.8. The van der Waals surface area contributed by atoms with Crippen molar-refractivity contribution in [1.29, 1.82) is 0 Å². The van der Waals surface area contributed by atoms with Crippen LogP contribution in [0.25, 0.3) is 0 Å². The maximum atomic E-state index is 10.8. The lowest BCUT2D eigenvalue weighted by molar-refractivity contribution is 0.249. The number of amides is 2. The van der Waals surface area contributed by atoms with Gasteiger partial charge in [0.25, 0.3) is 0 Å². The number of hydrazone groups is 1. The second kappa shape index (κ2) is 7.81. The first-order chi connectivity index (χ1) is 10.2. The van der Waals surface area contributed by atoms with E-state index in [1.165, 1.54) is 37.7 Å². The molecule has 114 valence electrons. The van der Waals surface area contributed by atoms with Gasteiger partial charge in [-0.15, -0.1) is 0 Å². The second-order valence-electron chi connectivity index (χ2n) is 5.74. The standard InChI is InChI=1S/C17H25N3O/c1-2-6-16(19-20-17(18)21)15-11-9-14(10-12-15)13-7-4-3-5-8-13/h9-13H,2-8H2,1H3,(H3,18,20,21). The third-order valence-corrected chi connectivity index (χ3v) is 4.11. The highest BCUT2D eigenvalue weighted by Gasteiger charge is 2.15. The van der Waals surface area contributed by atoms with Crippen LogP contribution >= 0.6 is 0 Å². The summed E-state index contributed by atoms with van der Waals surface area (Å²) < 4.78 is 0. The van der Waals surface area contributed by atoms with Crippen LogP contribution in [0.2, 0.25) is 0 Å². The van der Waals surface area contributed by atoms with E-state index in [9.17, 15) is 4.79 Å². The minimum Gasteiger partial charge on any atom is -0.350 e. The van der Waals surface area contributed by atoms with Crippen LogP contribution in [0.4, 0.5) is 4.79 Å². The van der Waals surface area contributed by atoms with E-state index in [0.717, 1.165) is 24.1 Å². The quantitative estimate of drug-likeness (QED) is 0.625. The Bertz CT molecular complexity index is 487. The predicted octanol–water partition coefficient (Wildman–Crippen LogP) is 3.91. The van der Waals surface area contributed by atoms with Crippen molar-refractivity contribution in [3.8, 4) is 0 Å². The first-order valence-corrected chi connectivity index (χ1v) is 7.93. The molecule has 1 aliphatic rings. The molecule has 21 heavy (non-hydrogen) atoms. The van der Waals surface area contributed by atoms with Gasteiger partial charge in [-0.1, -0.05) is 56.9 Å². The predicted molar refractivity (Wildman–Crippen MR) is 86.4 cm³/mol. The number of nitrogens with zero attached hydrogens (tertiary/aromatic N) is 1. The molecule has 4 nitrogen and oxygen atoms in total. The van der Waals surface area contributed by atoms with Crippen molar-refractivity contribution >= 4 is 11.7 Å². The molecule has 0 saturated heterocycles. The Balaban J connectivity index is 2.11. The first kappa shape index (κ1) is 15.5. The Morgan fingerprint density at radius 1 is 1.24 bits per heavy atom. The molecule has 1 aromatic carbocycles. The molecule has 0 heterocycles. The lowest BCUT2D eigenvalue weighted by atomic mass is 9.84. The van der Waals surface area contributed by atoms with E-state index in [-0.39, 0.29) is 0 Å². The van der Waals surface area contributed by atoms with Gasteiger partial charge in [0, 0.05) is 0 Å². The summed E-state index contributed by atoms with van der Waals surface area (Å²) in [5, 5.41) is 4.12. The van der Waals surface area contributed by atoms with Crippen molar-refractivity contribution in [1.82, 2.24) is 5.43 Å². The van der Waals surface area contributed by atoms with Crippen LogP contribution in [-0.2, 0) is 0 Å². The van der Waals surface area contributed by atoms with Crippen LogP contribution in [0.15, 0.2) is 29.4 Å². The monoisotopic (exact) mass is 287 g/mol. The fourth-order valence-corrected chi connectivity index (χ4v) is 3.01. The van der Waals surface area contributed by atoms with Crippen molar-refractivity contribution in [3.05, 3.63) is 35.4 Å². The highest BCUT2D eigenvalue weighted by atomic mass is 16.2. The molecule has 3 N–H and O–H groups in total. The maximum Gasteiger partial charge on any atom is 0.332 e. The topological polar surface area (TPSA) is 67.5 Å². The Hall–Kier alpha value is -1.84. The van der Waals surface area contributed by atoms with Gasteiger partial charge in [0.1, 0.15) is 0 Å². The van der Waals surface area contributed by atoms with E-state index >= 15 is 0 Å². The molecule has 0 aromatic heterocycles. The third kappa shape index (κ3) is 4.59. The van der Waals surface area contributed by atoms with E-state index in [1.807, 2.05) is 0 Å². The normalized spacial score (nSPS) is 16.7. The van der Waals surface area contributed by atoms with E-state index in [2.05, 4.69) is 41.7 Å². The third-order valence-electron chi connectivity index (χ3n) is 4.11. The molecule has 2 amide bonds. The summed E-state index contributed by atoms with van der Waals surface area (Å²) in [5.74, 6) is 0.711.